The van der Waals surface area contributed by atoms with Crippen molar-refractivity contribution in [3.8, 4) is 5.75 Å². The maximum Gasteiger partial charge on any atom is 0.328 e. The second-order valence-electron chi connectivity index (χ2n) is 9.39. The average molecular weight is 484 g/mol. The van der Waals surface area contributed by atoms with Crippen molar-refractivity contribution in [1.82, 2.24) is 25.1 Å². The molecule has 0 spiro atoms. The number of methoxy groups -OCH3 is 1. The zero-order valence-electron chi connectivity index (χ0n) is 20.3. The quantitative estimate of drug-likeness (QED) is 0.549. The van der Waals surface area contributed by atoms with E-state index in [0.717, 1.165) is 28.7 Å². The van der Waals surface area contributed by atoms with Gasteiger partial charge >= 0.3 is 5.69 Å². The molecule has 10 nitrogen and oxygen atoms in total. The van der Waals surface area contributed by atoms with Gasteiger partial charge in [0.25, 0.3) is 5.56 Å². The number of amides is 2. The van der Waals surface area contributed by atoms with Crippen molar-refractivity contribution in [3.63, 3.8) is 0 Å². The van der Waals surface area contributed by atoms with Gasteiger partial charge in [-0.15, -0.1) is 0 Å². The molecule has 2 aromatic rings. The first kappa shape index (κ1) is 24.7. The number of ether oxygens (including phenoxy) is 1. The molecule has 0 radical (unpaired) electrons. The Bertz CT molecular complexity index is 1190. The van der Waals surface area contributed by atoms with E-state index >= 15 is 0 Å². The maximum absolute atomic E-state index is 13.7. The number of nitrogens with one attached hydrogen (secondary N) is 3. The molecule has 10 heteroatoms. The largest absolute Gasteiger partial charge is 0.496 e. The van der Waals surface area contributed by atoms with Gasteiger partial charge in [0.2, 0.25) is 11.8 Å². The maximum atomic E-state index is 13.7. The fourth-order valence-corrected chi connectivity index (χ4v) is 5.14. The van der Waals surface area contributed by atoms with Gasteiger partial charge < -0.3 is 20.3 Å². The number of piperidine rings is 2. The van der Waals surface area contributed by atoms with E-state index in [9.17, 15) is 19.2 Å². The van der Waals surface area contributed by atoms with Gasteiger partial charge in [0, 0.05) is 24.8 Å². The van der Waals surface area contributed by atoms with Crippen LogP contribution in [0.5, 0.6) is 5.75 Å². The lowest BCUT2D eigenvalue weighted by Gasteiger charge is -2.42. The first-order chi connectivity index (χ1) is 16.8. The van der Waals surface area contributed by atoms with Crippen LogP contribution in [0.15, 0.2) is 40.1 Å². The smallest absolute Gasteiger partial charge is 0.328 e. The van der Waals surface area contributed by atoms with Gasteiger partial charge in [-0.25, -0.2) is 4.79 Å². The van der Waals surface area contributed by atoms with Crippen molar-refractivity contribution in [2.45, 2.75) is 50.6 Å². The van der Waals surface area contributed by atoms with Crippen LogP contribution in [0.2, 0.25) is 0 Å². The second-order valence-corrected chi connectivity index (χ2v) is 9.39. The molecule has 0 atom stereocenters. The number of carbonyl (C=O) groups is 2. The van der Waals surface area contributed by atoms with E-state index in [1.807, 2.05) is 23.1 Å². The molecule has 1 aromatic heterocycles. The van der Waals surface area contributed by atoms with Gasteiger partial charge in [-0.1, -0.05) is 18.2 Å². The van der Waals surface area contributed by atoms with Crippen molar-refractivity contribution in [2.75, 3.05) is 33.3 Å². The fourth-order valence-electron chi connectivity index (χ4n) is 5.14. The van der Waals surface area contributed by atoms with Crippen LogP contribution in [-0.4, -0.2) is 65.1 Å². The summed E-state index contributed by atoms with van der Waals surface area (Å²) in [7, 11) is 1.67. The van der Waals surface area contributed by atoms with Crippen LogP contribution in [0.3, 0.4) is 0 Å². The molecule has 2 amide bonds. The Morgan fingerprint density at radius 2 is 1.83 bits per heavy atom. The number of aromatic amines is 1. The highest BCUT2D eigenvalue weighted by atomic mass is 16.5. The Balaban J connectivity index is 1.46. The number of carbonyl (C=O) groups excluding carboxylic acids is 2. The van der Waals surface area contributed by atoms with E-state index < -0.39 is 22.7 Å². The predicted octanol–water partition coefficient (Wildman–Crippen LogP) is 0.498. The molecule has 0 unspecified atom stereocenters. The number of hydrogen-bond donors (Lipinski definition) is 3. The monoisotopic (exact) mass is 483 g/mol. The van der Waals surface area contributed by atoms with Crippen LogP contribution in [0, 0.1) is 6.92 Å². The highest BCUT2D eigenvalue weighted by Crippen LogP contribution is 2.35. The Kier molecular flexibility index (Phi) is 7.39. The zero-order valence-corrected chi connectivity index (χ0v) is 20.3. The summed E-state index contributed by atoms with van der Waals surface area (Å²) in [4.78, 5) is 54.5. The topological polar surface area (TPSA) is 126 Å². The minimum Gasteiger partial charge on any atom is -0.496 e. The SMILES string of the molecule is COc1ccccc1C1CCN(C(=O)C2(NC(=O)Cn3cc(C)c(=O)[nH]c3=O)CCNCC2)CC1. The molecular weight excluding hydrogens is 450 g/mol. The van der Waals surface area contributed by atoms with Gasteiger partial charge in [0.1, 0.15) is 17.8 Å². The number of nitrogens with zero attached hydrogens (tertiary/aromatic N) is 2. The fraction of sp³-hybridized carbons (Fsp3) is 0.520. The van der Waals surface area contributed by atoms with Gasteiger partial charge in [-0.3, -0.25) is 23.9 Å². The number of aryl methyl sites for hydroxylation is 1. The van der Waals surface area contributed by atoms with Crippen LogP contribution in [0.25, 0.3) is 0 Å². The van der Waals surface area contributed by atoms with E-state index in [1.54, 1.807) is 14.0 Å². The number of likely N-dealkylation sites (tertiary alicyclic amines) is 1. The Morgan fingerprint density at radius 1 is 1.14 bits per heavy atom. The summed E-state index contributed by atoms with van der Waals surface area (Å²) < 4.78 is 6.68. The molecule has 2 saturated heterocycles. The molecule has 2 fully saturated rings. The molecule has 35 heavy (non-hydrogen) atoms. The Hall–Kier alpha value is -3.40. The Morgan fingerprint density at radius 3 is 2.51 bits per heavy atom. The van der Waals surface area contributed by atoms with E-state index in [1.165, 1.54) is 6.20 Å². The first-order valence-corrected chi connectivity index (χ1v) is 12.1. The second kappa shape index (κ2) is 10.5. The van der Waals surface area contributed by atoms with Crippen molar-refractivity contribution >= 4 is 11.8 Å². The molecule has 2 aliphatic heterocycles. The van der Waals surface area contributed by atoms with Gasteiger partial charge in [0.05, 0.1) is 7.11 Å². The summed E-state index contributed by atoms with van der Waals surface area (Å²) in [5, 5.41) is 6.21. The lowest BCUT2D eigenvalue weighted by Crippen LogP contribution is -2.64. The summed E-state index contributed by atoms with van der Waals surface area (Å²) >= 11 is 0. The standard InChI is InChI=1S/C25H33N5O5/c1-17-15-30(24(34)27-22(17)32)16-21(31)28-25(9-11-26-12-10-25)23(33)29-13-7-18(8-14-29)19-5-3-4-6-20(19)35-2/h3-6,15,18,26H,7-14,16H2,1-2H3,(H,28,31)(H,27,32,34). The highest BCUT2D eigenvalue weighted by Gasteiger charge is 2.44. The number of rotatable bonds is 6. The summed E-state index contributed by atoms with van der Waals surface area (Å²) in [6.45, 7) is 3.73. The molecule has 3 N–H and O–H groups in total. The van der Waals surface area contributed by atoms with E-state index in [-0.39, 0.29) is 12.5 Å². The lowest BCUT2D eigenvalue weighted by atomic mass is 9.84. The molecule has 188 valence electrons. The normalized spacial score (nSPS) is 18.2. The molecule has 0 aliphatic carbocycles. The summed E-state index contributed by atoms with van der Waals surface area (Å²) in [5.41, 5.74) is -0.648. The van der Waals surface area contributed by atoms with Crippen molar-refractivity contribution in [3.05, 3.63) is 62.4 Å². The van der Waals surface area contributed by atoms with Gasteiger partial charge in [-0.05, 0) is 63.2 Å². The third-order valence-corrected chi connectivity index (χ3v) is 7.11. The van der Waals surface area contributed by atoms with Crippen LogP contribution in [0.4, 0.5) is 0 Å². The minimum atomic E-state index is -1.01. The number of H-pyrrole nitrogens is 1. The van der Waals surface area contributed by atoms with Crippen LogP contribution < -0.4 is 26.6 Å². The minimum absolute atomic E-state index is 0.0733. The summed E-state index contributed by atoms with van der Waals surface area (Å²) in [5.74, 6) is 0.671. The summed E-state index contributed by atoms with van der Waals surface area (Å²) in [6.07, 6.45) is 3.95. The Labute approximate surface area is 203 Å². The molecule has 1 aromatic carbocycles. The zero-order chi connectivity index (χ0) is 25.0. The summed E-state index contributed by atoms with van der Waals surface area (Å²) in [6, 6.07) is 7.99. The molecule has 2 aliphatic rings. The van der Waals surface area contributed by atoms with E-state index in [2.05, 4.69) is 21.7 Å². The third-order valence-electron chi connectivity index (χ3n) is 7.11. The lowest BCUT2D eigenvalue weighted by molar-refractivity contribution is -0.144. The molecule has 0 bridgehead atoms. The average Bonchev–Trinajstić information content (AvgIpc) is 2.87. The van der Waals surface area contributed by atoms with Gasteiger partial charge in [0.15, 0.2) is 0 Å². The van der Waals surface area contributed by atoms with Crippen molar-refractivity contribution < 1.29 is 14.3 Å². The molecular formula is C25H33N5O5. The van der Waals surface area contributed by atoms with E-state index in [4.69, 9.17) is 4.74 Å². The number of hydrogen-bond acceptors (Lipinski definition) is 6. The third kappa shape index (κ3) is 5.32. The van der Waals surface area contributed by atoms with Crippen LogP contribution in [-0.2, 0) is 16.1 Å². The molecule has 0 saturated carbocycles. The van der Waals surface area contributed by atoms with Crippen LogP contribution >= 0.6 is 0 Å². The first-order valence-electron chi connectivity index (χ1n) is 12.1. The van der Waals surface area contributed by atoms with Crippen LogP contribution in [0.1, 0.15) is 42.7 Å². The molecule has 3 heterocycles. The number of aromatic nitrogens is 2. The van der Waals surface area contributed by atoms with Crippen molar-refractivity contribution in [2.24, 2.45) is 0 Å². The van der Waals surface area contributed by atoms with Crippen molar-refractivity contribution in [1.29, 1.82) is 0 Å². The van der Waals surface area contributed by atoms with Gasteiger partial charge in [-0.2, -0.15) is 0 Å². The van der Waals surface area contributed by atoms with E-state index in [0.29, 0.717) is 50.5 Å². The number of para-hydroxylation sites is 1. The highest BCUT2D eigenvalue weighted by molar-refractivity contribution is 5.91. The predicted molar refractivity (Wildman–Crippen MR) is 131 cm³/mol. The molecule has 4 rings (SSSR count). The number of benzene rings is 1.